The fraction of sp³-hybridized carbons (Fsp3) is 0.343. The van der Waals surface area contributed by atoms with Crippen LogP contribution in [0.15, 0.2) is 68.3 Å². The number of fused-ring (bicyclic) bond motifs is 2. The normalized spacial score (nSPS) is 11.4. The molecule has 0 bridgehead atoms. The number of unbranched alkanes of at least 4 members (excludes halogenated alkanes) is 3. The zero-order valence-electron chi connectivity index (χ0n) is 26.0. The molecule has 0 saturated heterocycles. The second-order valence-electron chi connectivity index (χ2n) is 10.3. The smallest absolute Gasteiger partial charge is 0.243 e. The molecule has 0 spiro atoms. The lowest BCUT2D eigenvalue weighted by molar-refractivity contribution is -0.117. The molecule has 11 heteroatoms. The number of carbonyl (C=O) groups excluding carboxylic acids is 5. The van der Waals surface area contributed by atoms with Crippen LogP contribution in [0.5, 0.6) is 17.2 Å². The van der Waals surface area contributed by atoms with Crippen molar-refractivity contribution in [2.45, 2.75) is 38.5 Å². The molecule has 0 unspecified atom stereocenters. The Morgan fingerprint density at radius 3 is 1.46 bits per heavy atom. The van der Waals surface area contributed by atoms with Gasteiger partial charge in [-0.1, -0.05) is 44.0 Å². The minimum atomic E-state index is -0.381. The highest BCUT2D eigenvalue weighted by atomic mass is 16.5. The van der Waals surface area contributed by atoms with Gasteiger partial charge in [0.2, 0.25) is 17.7 Å². The number of nitrogens with one attached hydrogen (secondary N) is 3. The summed E-state index contributed by atoms with van der Waals surface area (Å²) in [6.07, 6.45) is 7.17. The Balaban J connectivity index is 1.87. The Kier molecular flexibility index (Phi) is 14.3. The van der Waals surface area contributed by atoms with Gasteiger partial charge in [0.15, 0.2) is 23.1 Å². The molecule has 1 aliphatic carbocycles. The Labute approximate surface area is 269 Å². The molecule has 244 valence electrons. The molecule has 3 rings (SSSR count). The fourth-order valence-corrected chi connectivity index (χ4v) is 4.64. The van der Waals surface area contributed by atoms with Crippen molar-refractivity contribution in [3.8, 4) is 17.2 Å². The molecule has 0 aliphatic heterocycles. The van der Waals surface area contributed by atoms with Crippen LogP contribution in [0, 0.1) is 0 Å². The second kappa shape index (κ2) is 18.6. The highest BCUT2D eigenvalue weighted by molar-refractivity contribution is 6.30. The van der Waals surface area contributed by atoms with Gasteiger partial charge in [0, 0.05) is 36.8 Å². The fourth-order valence-electron chi connectivity index (χ4n) is 4.64. The predicted molar refractivity (Wildman–Crippen MR) is 174 cm³/mol. The molecule has 2 aromatic rings. The average Bonchev–Trinajstić information content (AvgIpc) is 3.07. The SMILES string of the molecule is C=CC(=O)NCCCCOc1cc(OCCCCNC(=O)C=C)c2c(c1OCCCCNC(=O)C=C)C(=O)c1ccccc1C2=O. The summed E-state index contributed by atoms with van der Waals surface area (Å²) in [7, 11) is 0. The quantitative estimate of drug-likeness (QED) is 0.119. The van der Waals surface area contributed by atoms with Gasteiger partial charge in [0.25, 0.3) is 0 Å². The van der Waals surface area contributed by atoms with Crippen LogP contribution in [0.3, 0.4) is 0 Å². The van der Waals surface area contributed by atoms with Gasteiger partial charge in [-0.2, -0.15) is 0 Å². The lowest BCUT2D eigenvalue weighted by Crippen LogP contribution is -2.24. The van der Waals surface area contributed by atoms with Gasteiger partial charge >= 0.3 is 0 Å². The highest BCUT2D eigenvalue weighted by Crippen LogP contribution is 2.45. The van der Waals surface area contributed by atoms with Gasteiger partial charge < -0.3 is 30.2 Å². The van der Waals surface area contributed by atoms with Crippen LogP contribution in [-0.2, 0) is 14.4 Å². The number of hydrogen-bond acceptors (Lipinski definition) is 8. The predicted octanol–water partition coefficient (Wildman–Crippen LogP) is 3.85. The summed E-state index contributed by atoms with van der Waals surface area (Å²) in [5.41, 5.74) is 0.719. The summed E-state index contributed by atoms with van der Waals surface area (Å²) >= 11 is 0. The van der Waals surface area contributed by atoms with Crippen molar-refractivity contribution in [3.63, 3.8) is 0 Å². The Morgan fingerprint density at radius 2 is 1.00 bits per heavy atom. The molecule has 3 amide bonds. The van der Waals surface area contributed by atoms with Gasteiger partial charge in [0.05, 0.1) is 30.9 Å². The Morgan fingerprint density at radius 1 is 0.587 bits per heavy atom. The van der Waals surface area contributed by atoms with E-state index in [0.717, 1.165) is 0 Å². The highest BCUT2D eigenvalue weighted by Gasteiger charge is 2.37. The molecule has 0 heterocycles. The number of ketones is 2. The summed E-state index contributed by atoms with van der Waals surface area (Å²) in [6.45, 7) is 12.3. The molecule has 2 aromatic carbocycles. The van der Waals surface area contributed by atoms with Gasteiger partial charge in [-0.05, 0) is 56.8 Å². The number of ether oxygens (including phenoxy) is 3. The number of carbonyl (C=O) groups is 5. The minimum absolute atomic E-state index is 0.0765. The summed E-state index contributed by atoms with van der Waals surface area (Å²) in [4.78, 5) is 62.1. The zero-order chi connectivity index (χ0) is 33.3. The van der Waals surface area contributed by atoms with Crippen molar-refractivity contribution in [1.29, 1.82) is 0 Å². The summed E-state index contributed by atoms with van der Waals surface area (Å²) in [5.74, 6) is -0.934. The standard InChI is InChI=1S/C35H41N3O8/c1-4-28(39)36-17-9-12-20-44-26-23-27(45-21-13-10-18-37-29(40)5-2)35(46-22-14-11-19-38-30(41)6-3)32-31(26)33(42)24-15-7-8-16-25(24)34(32)43/h4-8,15-16,23H,1-3,9-14,17-22H2,(H,36,39)(H,37,40)(H,38,41). The Bertz CT molecular complexity index is 1470. The first-order chi connectivity index (χ1) is 22.3. The molecule has 46 heavy (non-hydrogen) atoms. The Hall–Kier alpha value is -5.19. The number of amides is 3. The molecular weight excluding hydrogens is 590 g/mol. The van der Waals surface area contributed by atoms with Crippen molar-refractivity contribution >= 4 is 29.3 Å². The summed E-state index contributed by atoms with van der Waals surface area (Å²) in [6, 6.07) is 8.19. The molecule has 0 atom stereocenters. The van der Waals surface area contributed by atoms with Crippen LogP contribution in [0.4, 0.5) is 0 Å². The summed E-state index contributed by atoms with van der Waals surface area (Å²) in [5, 5.41) is 8.13. The monoisotopic (exact) mass is 631 g/mol. The van der Waals surface area contributed by atoms with E-state index < -0.39 is 0 Å². The van der Waals surface area contributed by atoms with Crippen molar-refractivity contribution in [2.24, 2.45) is 0 Å². The van der Waals surface area contributed by atoms with E-state index in [-0.39, 0.29) is 88.6 Å². The van der Waals surface area contributed by atoms with Crippen molar-refractivity contribution in [2.75, 3.05) is 39.5 Å². The van der Waals surface area contributed by atoms with Crippen LogP contribution in [0.25, 0.3) is 0 Å². The van der Waals surface area contributed by atoms with E-state index in [0.29, 0.717) is 58.2 Å². The van der Waals surface area contributed by atoms with Crippen molar-refractivity contribution in [1.82, 2.24) is 16.0 Å². The van der Waals surface area contributed by atoms with Gasteiger partial charge in [-0.25, -0.2) is 0 Å². The lowest BCUT2D eigenvalue weighted by Gasteiger charge is -2.25. The van der Waals surface area contributed by atoms with Gasteiger partial charge in [-0.15, -0.1) is 0 Å². The molecule has 0 saturated carbocycles. The third kappa shape index (κ3) is 9.91. The first-order valence-electron chi connectivity index (χ1n) is 15.3. The van der Waals surface area contributed by atoms with E-state index in [1.54, 1.807) is 30.3 Å². The van der Waals surface area contributed by atoms with Crippen LogP contribution in [0.2, 0.25) is 0 Å². The van der Waals surface area contributed by atoms with Crippen molar-refractivity contribution in [3.05, 3.63) is 90.6 Å². The minimum Gasteiger partial charge on any atom is -0.493 e. The van der Waals surface area contributed by atoms with Crippen molar-refractivity contribution < 1.29 is 38.2 Å². The van der Waals surface area contributed by atoms with Gasteiger partial charge in [-0.3, -0.25) is 24.0 Å². The number of benzene rings is 2. The molecule has 1 aliphatic rings. The third-order valence-electron chi connectivity index (χ3n) is 7.01. The van der Waals surface area contributed by atoms with Crippen LogP contribution in [-0.4, -0.2) is 68.7 Å². The number of rotatable bonds is 21. The maximum absolute atomic E-state index is 13.9. The van der Waals surface area contributed by atoms with Crippen LogP contribution in [0.1, 0.15) is 70.4 Å². The maximum atomic E-state index is 13.9. The first-order valence-corrected chi connectivity index (χ1v) is 15.3. The van der Waals surface area contributed by atoms with Crippen LogP contribution >= 0.6 is 0 Å². The van der Waals surface area contributed by atoms with E-state index in [9.17, 15) is 24.0 Å². The maximum Gasteiger partial charge on any atom is 0.243 e. The molecule has 0 radical (unpaired) electrons. The third-order valence-corrected chi connectivity index (χ3v) is 7.01. The van der Waals surface area contributed by atoms with E-state index in [4.69, 9.17) is 14.2 Å². The average molecular weight is 632 g/mol. The summed E-state index contributed by atoms with van der Waals surface area (Å²) < 4.78 is 18.4. The molecule has 3 N–H and O–H groups in total. The molecule has 0 aromatic heterocycles. The first kappa shape index (κ1) is 35.3. The second-order valence-corrected chi connectivity index (χ2v) is 10.3. The molecule has 11 nitrogen and oxygen atoms in total. The van der Waals surface area contributed by atoms with E-state index in [2.05, 4.69) is 35.7 Å². The lowest BCUT2D eigenvalue weighted by atomic mass is 9.83. The molecule has 0 fully saturated rings. The van der Waals surface area contributed by atoms with E-state index >= 15 is 0 Å². The van der Waals surface area contributed by atoms with E-state index in [1.807, 2.05) is 0 Å². The van der Waals surface area contributed by atoms with E-state index in [1.165, 1.54) is 18.2 Å². The largest absolute Gasteiger partial charge is 0.493 e. The zero-order valence-corrected chi connectivity index (χ0v) is 26.0. The van der Waals surface area contributed by atoms with Crippen LogP contribution < -0.4 is 30.2 Å². The topological polar surface area (TPSA) is 149 Å². The van der Waals surface area contributed by atoms with Gasteiger partial charge in [0.1, 0.15) is 5.75 Å². The molecular formula is C35H41N3O8. The number of hydrogen-bond donors (Lipinski definition) is 3.